The number of rotatable bonds is 3. The summed E-state index contributed by atoms with van der Waals surface area (Å²) in [7, 11) is 2.72. The van der Waals surface area contributed by atoms with Gasteiger partial charge in [0.05, 0.1) is 19.9 Å². The quantitative estimate of drug-likeness (QED) is 0.444. The number of nitrogens with zero attached hydrogens (tertiary/aromatic N) is 2. The van der Waals surface area contributed by atoms with E-state index >= 15 is 0 Å². The van der Waals surface area contributed by atoms with Crippen molar-refractivity contribution in [3.63, 3.8) is 0 Å². The number of aromatic nitrogens is 2. The molecule has 0 amide bonds. The number of ether oxygens (including phenoxy) is 2. The summed E-state index contributed by atoms with van der Waals surface area (Å²) < 4.78 is 9.24. The van der Waals surface area contributed by atoms with Gasteiger partial charge in [0.15, 0.2) is 0 Å². The van der Waals surface area contributed by atoms with Crippen LogP contribution in [0.5, 0.6) is 6.01 Å². The Balaban J connectivity index is 2.90. The van der Waals surface area contributed by atoms with Crippen LogP contribution < -0.4 is 4.74 Å². The average Bonchev–Trinajstić information content (AvgIpc) is 2.25. The average molecular weight is 229 g/mol. The summed E-state index contributed by atoms with van der Waals surface area (Å²) in [5.74, 6) is -0.469. The van der Waals surface area contributed by atoms with Crippen LogP contribution in [0.25, 0.3) is 6.08 Å². The molecule has 1 heterocycles. The van der Waals surface area contributed by atoms with Crippen LogP contribution in [0.15, 0.2) is 12.1 Å². The number of hydrogen-bond acceptors (Lipinski definition) is 5. The Bertz CT molecular complexity index is 393. The monoisotopic (exact) mass is 228 g/mol. The van der Waals surface area contributed by atoms with Crippen LogP contribution in [0.4, 0.5) is 0 Å². The van der Waals surface area contributed by atoms with E-state index in [0.717, 1.165) is 0 Å². The molecule has 15 heavy (non-hydrogen) atoms. The lowest BCUT2D eigenvalue weighted by molar-refractivity contribution is -0.134. The summed E-state index contributed by atoms with van der Waals surface area (Å²) in [6.07, 6.45) is 2.69. The van der Waals surface area contributed by atoms with Crippen molar-refractivity contribution in [3.8, 4) is 6.01 Å². The third-order valence-corrected chi connectivity index (χ3v) is 1.66. The lowest BCUT2D eigenvalue weighted by atomic mass is 10.3. The molecule has 5 nitrogen and oxygen atoms in total. The zero-order valence-electron chi connectivity index (χ0n) is 8.23. The number of methoxy groups -OCH3 is 2. The van der Waals surface area contributed by atoms with Gasteiger partial charge in [-0.1, -0.05) is 11.6 Å². The topological polar surface area (TPSA) is 61.3 Å². The Kier molecular flexibility index (Phi) is 4.05. The van der Waals surface area contributed by atoms with Gasteiger partial charge in [-0.25, -0.2) is 4.79 Å². The lowest BCUT2D eigenvalue weighted by Crippen LogP contribution is -1.96. The van der Waals surface area contributed by atoms with Crippen LogP contribution in [-0.2, 0) is 9.53 Å². The Labute approximate surface area is 91.7 Å². The van der Waals surface area contributed by atoms with Crippen LogP contribution in [0.1, 0.15) is 5.69 Å². The first-order valence-corrected chi connectivity index (χ1v) is 4.38. The second-order valence-corrected chi connectivity index (χ2v) is 2.85. The van der Waals surface area contributed by atoms with Crippen molar-refractivity contribution in [1.82, 2.24) is 9.97 Å². The molecule has 80 valence electrons. The van der Waals surface area contributed by atoms with Crippen molar-refractivity contribution >= 4 is 23.6 Å². The fourth-order valence-electron chi connectivity index (χ4n) is 0.812. The van der Waals surface area contributed by atoms with Crippen LogP contribution >= 0.6 is 11.6 Å². The zero-order valence-corrected chi connectivity index (χ0v) is 8.99. The van der Waals surface area contributed by atoms with E-state index in [4.69, 9.17) is 16.3 Å². The summed E-state index contributed by atoms with van der Waals surface area (Å²) >= 11 is 5.70. The van der Waals surface area contributed by atoms with Crippen LogP contribution in [-0.4, -0.2) is 30.2 Å². The molecule has 0 radical (unpaired) electrons. The fraction of sp³-hybridized carbons (Fsp3) is 0.222. The molecule has 0 aromatic carbocycles. The van der Waals surface area contributed by atoms with E-state index < -0.39 is 5.97 Å². The first-order chi connectivity index (χ1) is 7.15. The van der Waals surface area contributed by atoms with Crippen LogP contribution in [0, 0.1) is 0 Å². The fourth-order valence-corrected chi connectivity index (χ4v) is 0.996. The van der Waals surface area contributed by atoms with Crippen LogP contribution in [0.3, 0.4) is 0 Å². The maximum Gasteiger partial charge on any atom is 0.330 e. The minimum absolute atomic E-state index is 0.145. The SMILES string of the molecule is COC(=O)/C=C/c1cc(Cl)nc(OC)n1. The molecule has 1 rings (SSSR count). The Morgan fingerprint density at radius 2 is 2.20 bits per heavy atom. The Morgan fingerprint density at radius 3 is 2.80 bits per heavy atom. The minimum Gasteiger partial charge on any atom is -0.467 e. The highest BCUT2D eigenvalue weighted by molar-refractivity contribution is 6.29. The number of halogens is 1. The molecule has 1 aromatic heterocycles. The van der Waals surface area contributed by atoms with E-state index in [1.165, 1.54) is 32.4 Å². The number of carbonyl (C=O) groups is 1. The molecule has 0 fully saturated rings. The number of carbonyl (C=O) groups excluding carboxylic acids is 1. The zero-order chi connectivity index (χ0) is 11.3. The lowest BCUT2D eigenvalue weighted by Gasteiger charge is -1.99. The van der Waals surface area contributed by atoms with E-state index in [1.807, 2.05) is 0 Å². The minimum atomic E-state index is -0.469. The highest BCUT2D eigenvalue weighted by Gasteiger charge is 2.01. The van der Waals surface area contributed by atoms with Gasteiger partial charge >= 0.3 is 12.0 Å². The molecule has 0 N–H and O–H groups in total. The predicted octanol–water partition coefficient (Wildman–Crippen LogP) is 1.32. The maximum absolute atomic E-state index is 10.8. The largest absolute Gasteiger partial charge is 0.467 e. The van der Waals surface area contributed by atoms with Crippen molar-refractivity contribution in [2.75, 3.05) is 14.2 Å². The van der Waals surface area contributed by atoms with E-state index in [0.29, 0.717) is 5.69 Å². The standard InChI is InChI=1S/C9H9ClN2O3/c1-14-8(13)4-3-6-5-7(10)12-9(11-6)15-2/h3-5H,1-2H3/b4-3+. The van der Waals surface area contributed by atoms with Gasteiger partial charge < -0.3 is 9.47 Å². The van der Waals surface area contributed by atoms with Gasteiger partial charge in [-0.3, -0.25) is 0 Å². The van der Waals surface area contributed by atoms with Gasteiger partial charge in [0.2, 0.25) is 0 Å². The predicted molar refractivity (Wildman–Crippen MR) is 54.6 cm³/mol. The summed E-state index contributed by atoms with van der Waals surface area (Å²) in [6, 6.07) is 1.65. The third-order valence-electron chi connectivity index (χ3n) is 1.47. The Morgan fingerprint density at radius 1 is 1.47 bits per heavy atom. The smallest absolute Gasteiger partial charge is 0.330 e. The summed E-state index contributed by atoms with van der Waals surface area (Å²) in [4.78, 5) is 18.5. The van der Waals surface area contributed by atoms with Gasteiger partial charge in [0.1, 0.15) is 5.15 Å². The maximum atomic E-state index is 10.8. The molecule has 0 spiro atoms. The van der Waals surface area contributed by atoms with Gasteiger partial charge in [-0.15, -0.1) is 0 Å². The molecule has 0 aliphatic rings. The van der Waals surface area contributed by atoms with E-state index in [-0.39, 0.29) is 11.2 Å². The van der Waals surface area contributed by atoms with Crippen LogP contribution in [0.2, 0.25) is 5.15 Å². The molecule has 0 saturated heterocycles. The molecule has 0 atom stereocenters. The van der Waals surface area contributed by atoms with Crippen molar-refractivity contribution in [2.24, 2.45) is 0 Å². The highest BCUT2D eigenvalue weighted by atomic mass is 35.5. The van der Waals surface area contributed by atoms with E-state index in [9.17, 15) is 4.79 Å². The molecule has 0 unspecified atom stereocenters. The molecule has 0 aliphatic heterocycles. The highest BCUT2D eigenvalue weighted by Crippen LogP contribution is 2.12. The Hall–Kier alpha value is -1.62. The summed E-state index contributed by atoms with van der Waals surface area (Å²) in [5.41, 5.74) is 0.470. The first-order valence-electron chi connectivity index (χ1n) is 4.00. The van der Waals surface area contributed by atoms with Crippen molar-refractivity contribution in [3.05, 3.63) is 23.0 Å². The van der Waals surface area contributed by atoms with Gasteiger partial charge in [0, 0.05) is 12.1 Å². The van der Waals surface area contributed by atoms with Crippen molar-refractivity contribution < 1.29 is 14.3 Å². The third kappa shape index (κ3) is 3.55. The van der Waals surface area contributed by atoms with Crippen molar-refractivity contribution in [2.45, 2.75) is 0 Å². The van der Waals surface area contributed by atoms with E-state index in [1.54, 1.807) is 0 Å². The number of hydrogen-bond donors (Lipinski definition) is 0. The summed E-state index contributed by atoms with van der Waals surface area (Å²) in [5, 5.41) is 0.242. The molecule has 0 saturated carbocycles. The molecule has 6 heteroatoms. The first kappa shape index (κ1) is 11.5. The number of esters is 1. The molecule has 0 bridgehead atoms. The van der Waals surface area contributed by atoms with Gasteiger partial charge in [0.25, 0.3) is 0 Å². The second kappa shape index (κ2) is 5.31. The molecular weight excluding hydrogens is 220 g/mol. The van der Waals surface area contributed by atoms with E-state index in [2.05, 4.69) is 14.7 Å². The van der Waals surface area contributed by atoms with Gasteiger partial charge in [-0.05, 0) is 6.08 Å². The van der Waals surface area contributed by atoms with Gasteiger partial charge in [-0.2, -0.15) is 9.97 Å². The summed E-state index contributed by atoms with van der Waals surface area (Å²) in [6.45, 7) is 0. The normalized spacial score (nSPS) is 10.3. The molecule has 0 aliphatic carbocycles. The van der Waals surface area contributed by atoms with Crippen molar-refractivity contribution in [1.29, 1.82) is 0 Å². The second-order valence-electron chi connectivity index (χ2n) is 2.46. The molecular formula is C9H9ClN2O3. The molecule has 1 aromatic rings.